The molecule has 3 aromatic carbocycles. The van der Waals surface area contributed by atoms with Crippen LogP contribution in [0.2, 0.25) is 5.02 Å². The lowest BCUT2D eigenvalue weighted by atomic mass is 10.2. The number of carbonyl (C=O) groups is 1. The van der Waals surface area contributed by atoms with E-state index in [2.05, 4.69) is 0 Å². The first-order valence-electron chi connectivity index (χ1n) is 9.74. The van der Waals surface area contributed by atoms with Gasteiger partial charge in [0.25, 0.3) is 0 Å². The predicted molar refractivity (Wildman–Crippen MR) is 119 cm³/mol. The summed E-state index contributed by atoms with van der Waals surface area (Å²) in [6.45, 7) is 2.22. The lowest BCUT2D eigenvalue weighted by molar-refractivity contribution is 0.0989. The van der Waals surface area contributed by atoms with Crippen LogP contribution in [-0.4, -0.2) is 12.9 Å². The molecule has 0 aliphatic rings. The van der Waals surface area contributed by atoms with Gasteiger partial charge in [0.15, 0.2) is 17.1 Å². The number of hydrogen-bond donors (Lipinski definition) is 0. The van der Waals surface area contributed by atoms with Gasteiger partial charge < -0.3 is 18.6 Å². The summed E-state index contributed by atoms with van der Waals surface area (Å²) < 4.78 is 22.9. The highest BCUT2D eigenvalue weighted by molar-refractivity contribution is 6.36. The van der Waals surface area contributed by atoms with E-state index in [1.54, 1.807) is 12.1 Å². The fourth-order valence-corrected chi connectivity index (χ4v) is 3.45. The first-order valence-corrected chi connectivity index (χ1v) is 10.1. The second-order valence-electron chi connectivity index (χ2n) is 7.01. The van der Waals surface area contributed by atoms with Crippen LogP contribution in [0.25, 0.3) is 11.0 Å². The number of ether oxygens (including phenoxy) is 3. The van der Waals surface area contributed by atoms with E-state index in [1.807, 2.05) is 54.6 Å². The number of benzene rings is 3. The first-order chi connectivity index (χ1) is 15.0. The van der Waals surface area contributed by atoms with E-state index in [4.69, 9.17) is 30.2 Å². The van der Waals surface area contributed by atoms with Gasteiger partial charge in [-0.3, -0.25) is 4.79 Å². The van der Waals surface area contributed by atoms with E-state index in [9.17, 15) is 4.79 Å². The monoisotopic (exact) mass is 436 g/mol. The molecule has 0 aliphatic carbocycles. The average Bonchev–Trinajstić information content (AvgIpc) is 3.25. The Morgan fingerprint density at radius 3 is 2.39 bits per heavy atom. The van der Waals surface area contributed by atoms with Crippen LogP contribution < -0.4 is 14.2 Å². The molecular formula is C25H21ClO5. The lowest BCUT2D eigenvalue weighted by Gasteiger charge is -2.12. The zero-order chi connectivity index (χ0) is 21.8. The van der Waals surface area contributed by atoms with Crippen molar-refractivity contribution in [2.75, 3.05) is 7.11 Å². The summed E-state index contributed by atoms with van der Waals surface area (Å²) in [6, 6.07) is 21.0. The number of halogens is 1. The molecule has 1 aromatic heterocycles. The molecule has 0 atom stereocenters. The molecule has 0 aliphatic heterocycles. The first kappa shape index (κ1) is 20.8. The van der Waals surface area contributed by atoms with Crippen LogP contribution in [0.1, 0.15) is 28.6 Å². The quantitative estimate of drug-likeness (QED) is 0.297. The molecule has 4 aromatic rings. The Kier molecular flexibility index (Phi) is 6.14. The van der Waals surface area contributed by atoms with Crippen LogP contribution in [0.5, 0.6) is 17.2 Å². The number of furan rings is 1. The van der Waals surface area contributed by atoms with Crippen molar-refractivity contribution < 1.29 is 23.4 Å². The van der Waals surface area contributed by atoms with Crippen molar-refractivity contribution in [2.45, 2.75) is 20.1 Å². The van der Waals surface area contributed by atoms with Gasteiger partial charge in [-0.25, -0.2) is 0 Å². The summed E-state index contributed by atoms with van der Waals surface area (Å²) >= 11 is 6.35. The lowest BCUT2D eigenvalue weighted by Crippen LogP contribution is -1.99. The molecule has 0 bridgehead atoms. The molecule has 31 heavy (non-hydrogen) atoms. The molecule has 0 spiro atoms. The third-order valence-electron chi connectivity index (χ3n) is 4.78. The van der Waals surface area contributed by atoms with Gasteiger partial charge in [0.05, 0.1) is 12.5 Å². The van der Waals surface area contributed by atoms with E-state index >= 15 is 0 Å². The number of ketones is 1. The van der Waals surface area contributed by atoms with Crippen molar-refractivity contribution in [1.29, 1.82) is 0 Å². The fraction of sp³-hybridized carbons (Fsp3) is 0.160. The van der Waals surface area contributed by atoms with Crippen molar-refractivity contribution in [3.63, 3.8) is 0 Å². The third kappa shape index (κ3) is 4.67. The number of hydrogen-bond acceptors (Lipinski definition) is 5. The highest BCUT2D eigenvalue weighted by atomic mass is 35.5. The maximum atomic E-state index is 11.8. The zero-order valence-corrected chi connectivity index (χ0v) is 17.9. The summed E-state index contributed by atoms with van der Waals surface area (Å²) in [7, 11) is 1.51. The van der Waals surface area contributed by atoms with E-state index < -0.39 is 0 Å². The number of methoxy groups -OCH3 is 1. The molecule has 0 fully saturated rings. The van der Waals surface area contributed by atoms with E-state index in [1.165, 1.54) is 14.0 Å². The Hall–Kier alpha value is -3.44. The Morgan fingerprint density at radius 1 is 0.903 bits per heavy atom. The summed E-state index contributed by atoms with van der Waals surface area (Å²) in [4.78, 5) is 11.8. The Balaban J connectivity index is 1.53. The van der Waals surface area contributed by atoms with Crippen LogP contribution in [0.3, 0.4) is 0 Å². The highest BCUT2D eigenvalue weighted by Gasteiger charge is 2.19. The maximum Gasteiger partial charge on any atom is 0.194 e. The number of carbonyl (C=O) groups excluding carboxylic acids is 1. The normalized spacial score (nSPS) is 10.8. The van der Waals surface area contributed by atoms with Gasteiger partial charge in [0.2, 0.25) is 0 Å². The van der Waals surface area contributed by atoms with E-state index in [0.717, 1.165) is 16.9 Å². The SMILES string of the molecule is COc1cc(OCc2cccc(OCc3ccccc3)c2)c2cc(C(C)=O)oc2c1Cl. The minimum Gasteiger partial charge on any atom is -0.495 e. The van der Waals surface area contributed by atoms with Gasteiger partial charge in [0.1, 0.15) is 35.5 Å². The topological polar surface area (TPSA) is 57.9 Å². The number of rotatable bonds is 8. The van der Waals surface area contributed by atoms with Crippen LogP contribution in [-0.2, 0) is 13.2 Å². The average molecular weight is 437 g/mol. The zero-order valence-electron chi connectivity index (χ0n) is 17.2. The largest absolute Gasteiger partial charge is 0.495 e. The molecule has 0 unspecified atom stereocenters. The Labute approximate surface area is 185 Å². The van der Waals surface area contributed by atoms with Crippen LogP contribution >= 0.6 is 11.6 Å². The summed E-state index contributed by atoms with van der Waals surface area (Å²) in [6.07, 6.45) is 0. The standard InChI is InChI=1S/C25H21ClO5/c1-16(27)21-12-20-22(13-23(28-2)24(26)25(20)31-21)30-15-18-9-6-10-19(11-18)29-14-17-7-4-3-5-8-17/h3-13H,14-15H2,1-2H3. The molecule has 0 saturated heterocycles. The van der Waals surface area contributed by atoms with E-state index in [-0.39, 0.29) is 11.5 Å². The minimum absolute atomic E-state index is 0.194. The van der Waals surface area contributed by atoms with Gasteiger partial charge in [-0.05, 0) is 29.3 Å². The van der Waals surface area contributed by atoms with Crippen molar-refractivity contribution >= 4 is 28.4 Å². The van der Waals surface area contributed by atoms with Gasteiger partial charge in [-0.15, -0.1) is 0 Å². The van der Waals surface area contributed by atoms with Crippen molar-refractivity contribution in [3.05, 3.63) is 88.6 Å². The second-order valence-corrected chi connectivity index (χ2v) is 7.39. The van der Waals surface area contributed by atoms with Gasteiger partial charge in [-0.2, -0.15) is 0 Å². The molecule has 0 saturated carbocycles. The number of Topliss-reactive ketones (excluding diaryl/α,β-unsaturated/α-hetero) is 1. The molecular weight excluding hydrogens is 416 g/mol. The highest BCUT2D eigenvalue weighted by Crippen LogP contribution is 2.41. The minimum atomic E-state index is -0.194. The molecule has 1 heterocycles. The van der Waals surface area contributed by atoms with Gasteiger partial charge in [-0.1, -0.05) is 54.1 Å². The van der Waals surface area contributed by atoms with Crippen molar-refractivity contribution in [2.24, 2.45) is 0 Å². The van der Waals surface area contributed by atoms with Gasteiger partial charge in [0, 0.05) is 13.0 Å². The molecule has 5 nitrogen and oxygen atoms in total. The van der Waals surface area contributed by atoms with Crippen molar-refractivity contribution in [1.82, 2.24) is 0 Å². The third-order valence-corrected chi connectivity index (χ3v) is 5.14. The molecule has 0 N–H and O–H groups in total. The molecule has 6 heteroatoms. The van der Waals surface area contributed by atoms with Crippen LogP contribution in [0.15, 0.2) is 71.1 Å². The molecule has 158 valence electrons. The number of fused-ring (bicyclic) bond motifs is 1. The smallest absolute Gasteiger partial charge is 0.194 e. The summed E-state index contributed by atoms with van der Waals surface area (Å²) in [5, 5.41) is 0.918. The van der Waals surface area contributed by atoms with E-state index in [0.29, 0.717) is 40.7 Å². The van der Waals surface area contributed by atoms with Crippen LogP contribution in [0, 0.1) is 0 Å². The fourth-order valence-electron chi connectivity index (χ4n) is 3.18. The Bertz CT molecular complexity index is 1210. The molecule has 0 radical (unpaired) electrons. The molecule has 4 rings (SSSR count). The summed E-state index contributed by atoms with van der Waals surface area (Å²) in [5.74, 6) is 1.70. The second kappa shape index (κ2) is 9.14. The maximum absolute atomic E-state index is 11.8. The Morgan fingerprint density at radius 2 is 1.65 bits per heavy atom. The molecule has 0 amide bonds. The van der Waals surface area contributed by atoms with Crippen LogP contribution in [0.4, 0.5) is 0 Å². The van der Waals surface area contributed by atoms with Crippen molar-refractivity contribution in [3.8, 4) is 17.2 Å². The van der Waals surface area contributed by atoms with Gasteiger partial charge >= 0.3 is 0 Å². The predicted octanol–water partition coefficient (Wildman–Crippen LogP) is 6.46. The summed E-state index contributed by atoms with van der Waals surface area (Å²) in [5.41, 5.74) is 2.39.